The maximum absolute atomic E-state index is 10.7. The van der Waals surface area contributed by atoms with Crippen molar-refractivity contribution in [3.63, 3.8) is 0 Å². The molecular weight excluding hydrogens is 277 g/mol. The molecule has 0 heterocycles. The molecule has 0 amide bonds. The molecule has 0 aliphatic heterocycles. The van der Waals surface area contributed by atoms with E-state index in [1.54, 1.807) is 0 Å². The molecule has 0 saturated carbocycles. The van der Waals surface area contributed by atoms with Crippen LogP contribution in [-0.2, 0) is 10.1 Å². The number of carboxylic acid groups (broad SMARTS) is 1. The zero-order chi connectivity index (χ0) is 11.1. The fourth-order valence-corrected chi connectivity index (χ4v) is 3.23. The van der Waals surface area contributed by atoms with Crippen LogP contribution in [0.1, 0.15) is 5.56 Å². The van der Waals surface area contributed by atoms with Crippen LogP contribution in [0, 0.1) is 0 Å². The van der Waals surface area contributed by atoms with Gasteiger partial charge in [-0.3, -0.25) is 0 Å². The van der Waals surface area contributed by atoms with Crippen LogP contribution in [0.25, 0.3) is 0 Å². The van der Waals surface area contributed by atoms with E-state index in [-0.39, 0.29) is 15.2 Å². The molecule has 2 N–H and O–H groups in total. The van der Waals surface area contributed by atoms with E-state index in [1.165, 1.54) is 5.56 Å². The zero-order valence-electron chi connectivity index (χ0n) is 8.09. The fourth-order valence-electron chi connectivity index (χ4n) is 0.966. The second-order valence-electron chi connectivity index (χ2n) is 2.97. The third kappa shape index (κ3) is 4.71. The van der Waals surface area contributed by atoms with Crippen molar-refractivity contribution in [3.8, 4) is 0 Å². The molecule has 5 heteroatoms. The molecule has 0 fully saturated rings. The van der Waals surface area contributed by atoms with Crippen LogP contribution >= 0.6 is 12.6 Å². The molecule has 0 saturated heterocycles. The Morgan fingerprint density at radius 3 is 2.67 bits per heavy atom. The Hall–Kier alpha value is -0.481. The molecule has 1 aromatic rings. The van der Waals surface area contributed by atoms with E-state index in [2.05, 4.69) is 17.0 Å². The minimum atomic E-state index is -0.833. The molecule has 82 valence electrons. The summed E-state index contributed by atoms with van der Waals surface area (Å²) in [6.07, 6.45) is 0. The van der Waals surface area contributed by atoms with E-state index in [4.69, 9.17) is 5.11 Å². The summed E-state index contributed by atoms with van der Waals surface area (Å²) < 4.78 is 3.00. The number of carbonyl (C=O) groups is 1. The number of rotatable bonds is 6. The van der Waals surface area contributed by atoms with Gasteiger partial charge in [-0.05, 0) is 0 Å². The summed E-state index contributed by atoms with van der Waals surface area (Å²) in [5, 5.41) is 9.66. The Morgan fingerprint density at radius 2 is 2.13 bits per heavy atom. The van der Waals surface area contributed by atoms with Crippen LogP contribution < -0.4 is 4.33 Å². The Morgan fingerprint density at radius 1 is 1.47 bits per heavy atom. The second kappa shape index (κ2) is 6.90. The number of carboxylic acids is 1. The van der Waals surface area contributed by atoms with E-state index >= 15 is 0 Å². The quantitative estimate of drug-likeness (QED) is 0.536. The Kier molecular flexibility index (Phi) is 5.79. The predicted octanol–water partition coefficient (Wildman–Crippen LogP) is 0.778. The van der Waals surface area contributed by atoms with E-state index in [0.717, 1.165) is 5.32 Å². The number of hydrogen-bond donors (Lipinski definition) is 3. The van der Waals surface area contributed by atoms with Crippen LogP contribution in [-0.4, -0.2) is 38.0 Å². The van der Waals surface area contributed by atoms with Gasteiger partial charge < -0.3 is 0 Å². The monoisotopic (exact) mass is 291 g/mol. The van der Waals surface area contributed by atoms with Crippen LogP contribution in [0.5, 0.6) is 0 Å². The average molecular weight is 290 g/mol. The van der Waals surface area contributed by atoms with E-state index in [0.29, 0.717) is 5.75 Å². The van der Waals surface area contributed by atoms with Crippen molar-refractivity contribution >= 4 is 33.8 Å². The molecule has 1 unspecified atom stereocenters. The summed E-state index contributed by atoms with van der Waals surface area (Å²) in [7, 11) is 0. The van der Waals surface area contributed by atoms with Crippen LogP contribution in [0.15, 0.2) is 30.3 Å². The maximum atomic E-state index is 10.7. The van der Waals surface area contributed by atoms with Gasteiger partial charge in [0.15, 0.2) is 0 Å². The van der Waals surface area contributed by atoms with Crippen LogP contribution in [0.4, 0.5) is 0 Å². The summed E-state index contributed by atoms with van der Waals surface area (Å²) in [5.41, 5.74) is 1.23. The van der Waals surface area contributed by atoms with Crippen LogP contribution in [0.3, 0.4) is 0 Å². The van der Waals surface area contributed by atoms with Gasteiger partial charge in [-0.1, -0.05) is 0 Å². The first-order valence-corrected chi connectivity index (χ1v) is 7.19. The molecule has 1 atom stereocenters. The molecule has 0 aliphatic rings. The van der Waals surface area contributed by atoms with Gasteiger partial charge in [0.1, 0.15) is 0 Å². The molecule has 0 spiro atoms. The fraction of sp³-hybridized carbons (Fsp3) is 0.300. The Bertz CT molecular complexity index is 308. The second-order valence-corrected chi connectivity index (χ2v) is 5.04. The third-order valence-electron chi connectivity index (χ3n) is 1.79. The number of aliphatic carboxylic acids is 1. The van der Waals surface area contributed by atoms with Crippen molar-refractivity contribution < 1.29 is 9.90 Å². The Labute approximate surface area is 101 Å². The molecule has 1 rings (SSSR count). The molecule has 15 heavy (non-hydrogen) atoms. The summed E-state index contributed by atoms with van der Waals surface area (Å²) in [4.78, 5) is 10.7. The molecule has 0 radical (unpaired) electrons. The van der Waals surface area contributed by atoms with Gasteiger partial charge in [0, 0.05) is 0 Å². The van der Waals surface area contributed by atoms with Crippen molar-refractivity contribution in [3.05, 3.63) is 35.9 Å². The van der Waals surface area contributed by atoms with Gasteiger partial charge in [-0.25, -0.2) is 0 Å². The van der Waals surface area contributed by atoms with Crippen molar-refractivity contribution in [2.75, 3.05) is 5.75 Å². The number of hydrogen-bond acceptors (Lipinski definition) is 3. The van der Waals surface area contributed by atoms with Gasteiger partial charge >= 0.3 is 101 Å². The first-order valence-electron chi connectivity index (χ1n) is 4.49. The van der Waals surface area contributed by atoms with Gasteiger partial charge in [0.25, 0.3) is 0 Å². The molecule has 1 aromatic carbocycles. The minimum absolute atomic E-state index is 0.104. The number of thiol groups is 1. The molecular formula is C10H13NO2SSe. The van der Waals surface area contributed by atoms with Crippen molar-refractivity contribution in [1.82, 2.24) is 4.33 Å². The van der Waals surface area contributed by atoms with Crippen LogP contribution in [0.2, 0.25) is 0 Å². The van der Waals surface area contributed by atoms with E-state index < -0.39 is 12.0 Å². The first-order chi connectivity index (χ1) is 7.24. The van der Waals surface area contributed by atoms with Gasteiger partial charge in [0.05, 0.1) is 0 Å². The zero-order valence-corrected chi connectivity index (χ0v) is 10.7. The summed E-state index contributed by atoms with van der Waals surface area (Å²) >= 11 is 4.09. The molecule has 3 nitrogen and oxygen atoms in total. The predicted molar refractivity (Wildman–Crippen MR) is 64.3 cm³/mol. The average Bonchev–Trinajstić information content (AvgIpc) is 2.25. The number of nitrogens with one attached hydrogen (secondary N) is 1. The SMILES string of the molecule is O=C(O)C(CS)N[Se]Cc1ccccc1. The topological polar surface area (TPSA) is 49.3 Å². The van der Waals surface area contributed by atoms with Gasteiger partial charge in [-0.15, -0.1) is 0 Å². The van der Waals surface area contributed by atoms with Crippen molar-refractivity contribution in [2.45, 2.75) is 11.4 Å². The van der Waals surface area contributed by atoms with Gasteiger partial charge in [0.2, 0.25) is 0 Å². The molecule has 0 aliphatic carbocycles. The van der Waals surface area contributed by atoms with Gasteiger partial charge in [-0.2, -0.15) is 0 Å². The van der Waals surface area contributed by atoms with E-state index in [1.807, 2.05) is 30.3 Å². The summed E-state index contributed by atoms with van der Waals surface area (Å²) in [6.45, 7) is 0. The Balaban J connectivity index is 2.30. The standard InChI is InChI=1S/C10H13NO2SSe/c12-10(13)9(6-14)11-15-7-8-4-2-1-3-5-8/h1-5,9,11,14H,6-7H2,(H,12,13). The van der Waals surface area contributed by atoms with E-state index in [9.17, 15) is 4.79 Å². The van der Waals surface area contributed by atoms with Crippen molar-refractivity contribution in [2.24, 2.45) is 0 Å². The normalized spacial score (nSPS) is 12.3. The molecule has 0 aromatic heterocycles. The number of benzene rings is 1. The third-order valence-corrected chi connectivity index (χ3v) is 4.10. The summed E-state index contributed by atoms with van der Waals surface area (Å²) in [5.74, 6) is -0.508. The first kappa shape index (κ1) is 12.6. The summed E-state index contributed by atoms with van der Waals surface area (Å²) in [6, 6.07) is 9.49. The van der Waals surface area contributed by atoms with Crippen molar-refractivity contribution in [1.29, 1.82) is 0 Å². The molecule has 0 bridgehead atoms.